The van der Waals surface area contributed by atoms with E-state index in [1.54, 1.807) is 12.1 Å². The number of aromatic hydroxyl groups is 1. The summed E-state index contributed by atoms with van der Waals surface area (Å²) < 4.78 is 5.55. The fraction of sp³-hybridized carbons (Fsp3) is 0.588. The number of ether oxygens (including phenoxy) is 1. The molecule has 0 spiro atoms. The number of Topliss-reactive ketones (excluding diaryl/α,β-unsaturated/α-hetero) is 1. The van der Waals surface area contributed by atoms with E-state index in [9.17, 15) is 9.90 Å². The van der Waals surface area contributed by atoms with Crippen LogP contribution in [0.25, 0.3) is 0 Å². The Kier molecular flexibility index (Phi) is 6.21. The molecule has 5 heteroatoms. The summed E-state index contributed by atoms with van der Waals surface area (Å²) in [4.78, 5) is 14.9. The number of ketones is 1. The van der Waals surface area contributed by atoms with Crippen molar-refractivity contribution in [3.05, 3.63) is 23.8 Å². The summed E-state index contributed by atoms with van der Waals surface area (Å²) in [6.07, 6.45) is 0.906. The number of piperazine rings is 1. The van der Waals surface area contributed by atoms with Gasteiger partial charge in [0, 0.05) is 38.6 Å². The van der Waals surface area contributed by atoms with Crippen LogP contribution in [0.15, 0.2) is 18.2 Å². The largest absolute Gasteiger partial charge is 0.507 e. The van der Waals surface area contributed by atoms with Crippen molar-refractivity contribution in [2.75, 3.05) is 39.3 Å². The third-order valence-corrected chi connectivity index (χ3v) is 3.90. The highest BCUT2D eigenvalue weighted by atomic mass is 16.5. The van der Waals surface area contributed by atoms with Gasteiger partial charge in [-0.2, -0.15) is 0 Å². The van der Waals surface area contributed by atoms with E-state index in [1.165, 1.54) is 6.07 Å². The Morgan fingerprint density at radius 3 is 2.82 bits per heavy atom. The number of nitrogens with zero attached hydrogens (tertiary/aromatic N) is 1. The molecule has 2 N–H and O–H groups in total. The van der Waals surface area contributed by atoms with E-state index < -0.39 is 0 Å². The van der Waals surface area contributed by atoms with Crippen molar-refractivity contribution in [3.8, 4) is 11.5 Å². The van der Waals surface area contributed by atoms with Gasteiger partial charge in [-0.25, -0.2) is 0 Å². The summed E-state index contributed by atoms with van der Waals surface area (Å²) in [5.41, 5.74) is 0.358. The number of rotatable bonds is 7. The summed E-state index contributed by atoms with van der Waals surface area (Å²) in [7, 11) is 0. The van der Waals surface area contributed by atoms with E-state index in [-0.39, 0.29) is 17.5 Å². The highest BCUT2D eigenvalue weighted by molar-refractivity contribution is 6.00. The molecule has 22 heavy (non-hydrogen) atoms. The molecule has 0 saturated carbocycles. The van der Waals surface area contributed by atoms with Crippen molar-refractivity contribution in [1.82, 2.24) is 10.2 Å². The van der Waals surface area contributed by atoms with Gasteiger partial charge in [0.2, 0.25) is 0 Å². The Balaban J connectivity index is 2.03. The first kappa shape index (κ1) is 16.8. The molecule has 0 radical (unpaired) electrons. The first-order valence-corrected chi connectivity index (χ1v) is 8.05. The Hall–Kier alpha value is -1.59. The summed E-state index contributed by atoms with van der Waals surface area (Å²) in [6.45, 7) is 9.13. The second-order valence-corrected chi connectivity index (χ2v) is 5.84. The molecule has 0 bridgehead atoms. The standard InChI is InChI=1S/C17H26N2O3/c1-3-10-22-14-4-5-16(20)15(11-14)17(21)13(2)12-19-8-6-18-7-9-19/h4-5,11,13,18,20H,3,6-10,12H2,1-2H3. The number of hydrogen-bond acceptors (Lipinski definition) is 5. The van der Waals surface area contributed by atoms with Crippen LogP contribution >= 0.6 is 0 Å². The minimum atomic E-state index is -0.148. The molecule has 1 fully saturated rings. The highest BCUT2D eigenvalue weighted by Crippen LogP contribution is 2.26. The van der Waals surface area contributed by atoms with Crippen molar-refractivity contribution in [1.29, 1.82) is 0 Å². The van der Waals surface area contributed by atoms with E-state index in [4.69, 9.17) is 4.74 Å². The lowest BCUT2D eigenvalue weighted by molar-refractivity contribution is 0.0884. The number of carbonyl (C=O) groups is 1. The summed E-state index contributed by atoms with van der Waals surface area (Å²) >= 11 is 0. The zero-order valence-electron chi connectivity index (χ0n) is 13.5. The summed E-state index contributed by atoms with van der Waals surface area (Å²) in [5.74, 6) is 0.488. The third kappa shape index (κ3) is 4.45. The zero-order valence-corrected chi connectivity index (χ0v) is 13.5. The second kappa shape index (κ2) is 8.15. The van der Waals surface area contributed by atoms with Crippen LogP contribution in [0, 0.1) is 5.92 Å². The van der Waals surface area contributed by atoms with Crippen molar-refractivity contribution in [2.45, 2.75) is 20.3 Å². The fourth-order valence-electron chi connectivity index (χ4n) is 2.65. The van der Waals surface area contributed by atoms with Crippen LogP contribution in [0.4, 0.5) is 0 Å². The number of carbonyl (C=O) groups excluding carboxylic acids is 1. The molecule has 0 aliphatic carbocycles. The Bertz CT molecular complexity index is 499. The zero-order chi connectivity index (χ0) is 15.9. The number of hydrogen-bond donors (Lipinski definition) is 2. The maximum absolute atomic E-state index is 12.6. The lowest BCUT2D eigenvalue weighted by Gasteiger charge is -2.29. The first-order chi connectivity index (χ1) is 10.6. The maximum atomic E-state index is 12.6. The van der Waals surface area contributed by atoms with Gasteiger partial charge in [-0.3, -0.25) is 4.79 Å². The smallest absolute Gasteiger partial charge is 0.170 e. The molecule has 0 aromatic heterocycles. The topological polar surface area (TPSA) is 61.8 Å². The Labute approximate surface area is 132 Å². The van der Waals surface area contributed by atoms with E-state index in [0.717, 1.165) is 39.1 Å². The molecule has 1 heterocycles. The van der Waals surface area contributed by atoms with Gasteiger partial charge in [0.25, 0.3) is 0 Å². The highest BCUT2D eigenvalue weighted by Gasteiger charge is 2.22. The van der Waals surface area contributed by atoms with Gasteiger partial charge in [0.15, 0.2) is 5.78 Å². The number of phenolic OH excluding ortho intramolecular Hbond substituents is 1. The SMILES string of the molecule is CCCOc1ccc(O)c(C(=O)C(C)CN2CCNCC2)c1. The molecular formula is C17H26N2O3. The number of benzene rings is 1. The minimum Gasteiger partial charge on any atom is -0.507 e. The van der Waals surface area contributed by atoms with Gasteiger partial charge >= 0.3 is 0 Å². The summed E-state index contributed by atoms with van der Waals surface area (Å²) in [6, 6.07) is 4.89. The van der Waals surface area contributed by atoms with Gasteiger partial charge in [0.05, 0.1) is 12.2 Å². The molecule has 1 aliphatic heterocycles. The molecule has 1 aromatic rings. The third-order valence-electron chi connectivity index (χ3n) is 3.90. The van der Waals surface area contributed by atoms with E-state index in [1.807, 2.05) is 13.8 Å². The van der Waals surface area contributed by atoms with Crippen LogP contribution in [0.2, 0.25) is 0 Å². The average Bonchev–Trinajstić information content (AvgIpc) is 2.54. The van der Waals surface area contributed by atoms with Gasteiger partial charge in [-0.05, 0) is 24.6 Å². The molecule has 122 valence electrons. The van der Waals surface area contributed by atoms with Crippen LogP contribution in [0.5, 0.6) is 11.5 Å². The van der Waals surface area contributed by atoms with Crippen LogP contribution in [-0.4, -0.2) is 55.1 Å². The number of phenols is 1. The molecule has 1 aliphatic rings. The van der Waals surface area contributed by atoms with Gasteiger partial charge < -0.3 is 20.1 Å². The lowest BCUT2D eigenvalue weighted by Crippen LogP contribution is -2.45. The molecular weight excluding hydrogens is 280 g/mol. The fourth-order valence-corrected chi connectivity index (χ4v) is 2.65. The average molecular weight is 306 g/mol. The van der Waals surface area contributed by atoms with E-state index in [0.29, 0.717) is 17.9 Å². The van der Waals surface area contributed by atoms with Gasteiger partial charge in [-0.15, -0.1) is 0 Å². The predicted molar refractivity (Wildman–Crippen MR) is 86.7 cm³/mol. The van der Waals surface area contributed by atoms with E-state index >= 15 is 0 Å². The van der Waals surface area contributed by atoms with Crippen LogP contribution in [-0.2, 0) is 0 Å². The monoisotopic (exact) mass is 306 g/mol. The van der Waals surface area contributed by atoms with E-state index in [2.05, 4.69) is 10.2 Å². The molecule has 2 rings (SSSR count). The molecule has 5 nitrogen and oxygen atoms in total. The predicted octanol–water partition coefficient (Wildman–Crippen LogP) is 1.91. The van der Waals surface area contributed by atoms with Crippen LogP contribution in [0.1, 0.15) is 30.6 Å². The van der Waals surface area contributed by atoms with Crippen molar-refractivity contribution in [2.24, 2.45) is 5.92 Å². The Morgan fingerprint density at radius 1 is 1.41 bits per heavy atom. The van der Waals surface area contributed by atoms with Crippen molar-refractivity contribution in [3.63, 3.8) is 0 Å². The first-order valence-electron chi connectivity index (χ1n) is 8.05. The van der Waals surface area contributed by atoms with Crippen molar-refractivity contribution >= 4 is 5.78 Å². The quantitative estimate of drug-likeness (QED) is 0.754. The Morgan fingerprint density at radius 2 is 2.14 bits per heavy atom. The van der Waals surface area contributed by atoms with Gasteiger partial charge in [-0.1, -0.05) is 13.8 Å². The lowest BCUT2D eigenvalue weighted by atomic mass is 9.97. The molecule has 0 amide bonds. The molecule has 1 unspecified atom stereocenters. The minimum absolute atomic E-state index is 0.0287. The van der Waals surface area contributed by atoms with Crippen LogP contribution < -0.4 is 10.1 Å². The molecule has 1 saturated heterocycles. The van der Waals surface area contributed by atoms with Crippen molar-refractivity contribution < 1.29 is 14.6 Å². The molecule has 1 atom stereocenters. The van der Waals surface area contributed by atoms with Gasteiger partial charge in [0.1, 0.15) is 11.5 Å². The summed E-state index contributed by atoms with van der Waals surface area (Å²) in [5, 5.41) is 13.3. The van der Waals surface area contributed by atoms with Crippen LogP contribution in [0.3, 0.4) is 0 Å². The maximum Gasteiger partial charge on any atom is 0.170 e. The number of nitrogens with one attached hydrogen (secondary N) is 1. The second-order valence-electron chi connectivity index (χ2n) is 5.84. The molecule has 1 aromatic carbocycles. The normalized spacial score (nSPS) is 17.2.